The van der Waals surface area contributed by atoms with Crippen molar-refractivity contribution < 1.29 is 4.79 Å². The summed E-state index contributed by atoms with van der Waals surface area (Å²) in [5.74, 6) is 2.60. The van der Waals surface area contributed by atoms with Crippen molar-refractivity contribution in [2.75, 3.05) is 5.32 Å². The van der Waals surface area contributed by atoms with E-state index < -0.39 is 5.54 Å². The first kappa shape index (κ1) is 15.9. The molecule has 1 heterocycles. The largest absolute Gasteiger partial charge is 0.340 e. The average molecular weight is 314 g/mol. The summed E-state index contributed by atoms with van der Waals surface area (Å²) in [5, 5.41) is 6.24. The Morgan fingerprint density at radius 3 is 2.64 bits per heavy atom. The lowest BCUT2D eigenvalue weighted by Gasteiger charge is -2.20. The van der Waals surface area contributed by atoms with Crippen LogP contribution in [0.4, 0.5) is 11.5 Å². The number of hydrogen-bond donors (Lipinski definition) is 2. The van der Waals surface area contributed by atoms with Gasteiger partial charge in [-0.3, -0.25) is 4.79 Å². The predicted octanol–water partition coefficient (Wildman–Crippen LogP) is 3.62. The number of carbonyl (C=O) groups is 1. The molecule has 1 amide bonds. The third-order valence-corrected chi connectivity index (χ3v) is 3.13. The summed E-state index contributed by atoms with van der Waals surface area (Å²) in [4.78, 5) is 16.6. The van der Waals surface area contributed by atoms with Gasteiger partial charge in [0.05, 0.1) is 16.1 Å². The molecule has 112 valence electrons. The first-order valence-corrected chi connectivity index (χ1v) is 7.07. The van der Waals surface area contributed by atoms with Crippen molar-refractivity contribution in [3.05, 3.63) is 53.2 Å². The Morgan fingerprint density at radius 2 is 2.00 bits per heavy atom. The second kappa shape index (κ2) is 6.50. The highest BCUT2D eigenvalue weighted by Crippen LogP contribution is 2.22. The lowest BCUT2D eigenvalue weighted by atomic mass is 10.1. The van der Waals surface area contributed by atoms with Crippen molar-refractivity contribution in [2.24, 2.45) is 0 Å². The number of hydrogen-bond acceptors (Lipinski definition) is 3. The van der Waals surface area contributed by atoms with Gasteiger partial charge in [-0.25, -0.2) is 4.98 Å². The van der Waals surface area contributed by atoms with E-state index in [1.165, 1.54) is 6.20 Å². The van der Waals surface area contributed by atoms with Crippen molar-refractivity contribution in [2.45, 2.75) is 19.4 Å². The molecule has 22 heavy (non-hydrogen) atoms. The Bertz CT molecular complexity index is 720. The molecule has 0 aliphatic carbocycles. The average Bonchev–Trinajstić information content (AvgIpc) is 2.49. The SMILES string of the molecule is C#CC(C)(C)NC(=O)c1cc(Cl)cnc1Nc1ccccc1. The molecule has 0 fully saturated rings. The van der Waals surface area contributed by atoms with Crippen LogP contribution in [0.5, 0.6) is 0 Å². The number of para-hydroxylation sites is 1. The number of anilines is 2. The summed E-state index contributed by atoms with van der Waals surface area (Å²) in [6, 6.07) is 11.0. The van der Waals surface area contributed by atoms with Crippen molar-refractivity contribution in [3.8, 4) is 12.3 Å². The van der Waals surface area contributed by atoms with Gasteiger partial charge in [-0.15, -0.1) is 6.42 Å². The van der Waals surface area contributed by atoms with Gasteiger partial charge >= 0.3 is 0 Å². The van der Waals surface area contributed by atoms with Crippen LogP contribution in [0.1, 0.15) is 24.2 Å². The van der Waals surface area contributed by atoms with E-state index in [2.05, 4.69) is 21.5 Å². The Hall–Kier alpha value is -2.51. The predicted molar refractivity (Wildman–Crippen MR) is 89.3 cm³/mol. The number of pyridine rings is 1. The number of benzene rings is 1. The molecule has 0 spiro atoms. The third-order valence-electron chi connectivity index (χ3n) is 2.92. The van der Waals surface area contributed by atoms with E-state index >= 15 is 0 Å². The number of rotatable bonds is 4. The molecule has 0 aliphatic rings. The van der Waals surface area contributed by atoms with Crippen LogP contribution >= 0.6 is 11.6 Å². The van der Waals surface area contributed by atoms with Gasteiger partial charge in [0.1, 0.15) is 5.82 Å². The molecule has 0 saturated carbocycles. The first-order chi connectivity index (χ1) is 10.4. The summed E-state index contributed by atoms with van der Waals surface area (Å²) in [7, 11) is 0. The molecule has 0 radical (unpaired) electrons. The fourth-order valence-corrected chi connectivity index (χ4v) is 1.92. The summed E-state index contributed by atoms with van der Waals surface area (Å²) < 4.78 is 0. The number of nitrogens with zero attached hydrogens (tertiary/aromatic N) is 1. The van der Waals surface area contributed by atoms with Crippen LogP contribution in [0, 0.1) is 12.3 Å². The minimum Gasteiger partial charge on any atom is -0.340 e. The molecule has 0 bridgehead atoms. The zero-order valence-corrected chi connectivity index (χ0v) is 13.1. The van der Waals surface area contributed by atoms with E-state index in [-0.39, 0.29) is 5.91 Å². The Morgan fingerprint density at radius 1 is 1.32 bits per heavy atom. The molecule has 4 nitrogen and oxygen atoms in total. The molecule has 2 rings (SSSR count). The van der Waals surface area contributed by atoms with Gasteiger partial charge < -0.3 is 10.6 Å². The molecule has 0 unspecified atom stereocenters. The van der Waals surface area contributed by atoms with Gasteiger partial charge in [-0.1, -0.05) is 35.7 Å². The van der Waals surface area contributed by atoms with E-state index in [0.29, 0.717) is 16.4 Å². The van der Waals surface area contributed by atoms with E-state index in [1.54, 1.807) is 19.9 Å². The molecular weight excluding hydrogens is 298 g/mol. The highest BCUT2D eigenvalue weighted by molar-refractivity contribution is 6.31. The van der Waals surface area contributed by atoms with Crippen LogP contribution in [-0.2, 0) is 0 Å². The Kier molecular flexibility index (Phi) is 4.69. The first-order valence-electron chi connectivity index (χ1n) is 6.69. The van der Waals surface area contributed by atoms with Crippen LogP contribution in [-0.4, -0.2) is 16.4 Å². The van der Waals surface area contributed by atoms with E-state index in [0.717, 1.165) is 5.69 Å². The van der Waals surface area contributed by atoms with Crippen molar-refractivity contribution in [1.29, 1.82) is 0 Å². The molecule has 0 atom stereocenters. The molecule has 2 aromatic rings. The maximum Gasteiger partial charge on any atom is 0.256 e. The second-order valence-corrected chi connectivity index (χ2v) is 5.70. The zero-order valence-electron chi connectivity index (χ0n) is 12.4. The fraction of sp³-hybridized carbons (Fsp3) is 0.176. The van der Waals surface area contributed by atoms with Crippen LogP contribution in [0.25, 0.3) is 0 Å². The normalized spacial score (nSPS) is 10.6. The van der Waals surface area contributed by atoms with E-state index in [9.17, 15) is 4.79 Å². The minimum absolute atomic E-state index is 0.333. The van der Waals surface area contributed by atoms with Gasteiger partial charge in [0.2, 0.25) is 0 Å². The summed E-state index contributed by atoms with van der Waals surface area (Å²) in [5.41, 5.74) is 0.394. The monoisotopic (exact) mass is 313 g/mol. The lowest BCUT2D eigenvalue weighted by Crippen LogP contribution is -2.42. The molecule has 1 aromatic carbocycles. The summed E-state index contributed by atoms with van der Waals surface area (Å²) in [6.45, 7) is 3.49. The van der Waals surface area contributed by atoms with E-state index in [1.807, 2.05) is 30.3 Å². The van der Waals surface area contributed by atoms with Crippen molar-refractivity contribution >= 4 is 29.0 Å². The van der Waals surface area contributed by atoms with Crippen LogP contribution in [0.15, 0.2) is 42.6 Å². The van der Waals surface area contributed by atoms with Crippen molar-refractivity contribution in [3.63, 3.8) is 0 Å². The maximum absolute atomic E-state index is 12.4. The number of halogens is 1. The minimum atomic E-state index is -0.760. The molecule has 5 heteroatoms. The van der Waals surface area contributed by atoms with Crippen molar-refractivity contribution in [1.82, 2.24) is 10.3 Å². The highest BCUT2D eigenvalue weighted by atomic mass is 35.5. The standard InChI is InChI=1S/C17H16ClN3O/c1-4-17(2,3)21-16(22)14-10-12(18)11-19-15(14)20-13-8-6-5-7-9-13/h1,5-11H,2-3H3,(H,19,20)(H,21,22). The van der Waals surface area contributed by atoms with E-state index in [4.69, 9.17) is 18.0 Å². The lowest BCUT2D eigenvalue weighted by molar-refractivity contribution is 0.0930. The van der Waals surface area contributed by atoms with Gasteiger partial charge in [-0.2, -0.15) is 0 Å². The number of aromatic nitrogens is 1. The topological polar surface area (TPSA) is 54.0 Å². The van der Waals surface area contributed by atoms with Gasteiger partial charge in [0.25, 0.3) is 5.91 Å². The summed E-state index contributed by atoms with van der Waals surface area (Å²) >= 11 is 5.96. The summed E-state index contributed by atoms with van der Waals surface area (Å²) in [6.07, 6.45) is 6.88. The molecule has 0 saturated heterocycles. The Balaban J connectivity index is 2.32. The highest BCUT2D eigenvalue weighted by Gasteiger charge is 2.21. The molecule has 2 N–H and O–H groups in total. The van der Waals surface area contributed by atoms with Crippen LogP contribution < -0.4 is 10.6 Å². The molecular formula is C17H16ClN3O. The fourth-order valence-electron chi connectivity index (χ4n) is 1.76. The third kappa shape index (κ3) is 4.00. The van der Waals surface area contributed by atoms with Gasteiger partial charge in [0.15, 0.2) is 0 Å². The maximum atomic E-state index is 12.4. The number of terminal acetylenes is 1. The smallest absolute Gasteiger partial charge is 0.256 e. The van der Waals surface area contributed by atoms with Crippen LogP contribution in [0.2, 0.25) is 5.02 Å². The molecule has 0 aliphatic heterocycles. The number of amides is 1. The van der Waals surface area contributed by atoms with Crippen LogP contribution in [0.3, 0.4) is 0 Å². The number of nitrogens with one attached hydrogen (secondary N) is 2. The second-order valence-electron chi connectivity index (χ2n) is 5.26. The molecule has 1 aromatic heterocycles. The zero-order chi connectivity index (χ0) is 16.2. The quantitative estimate of drug-likeness (QED) is 0.848. The Labute approximate surface area is 134 Å². The van der Waals surface area contributed by atoms with Gasteiger partial charge in [-0.05, 0) is 32.0 Å². The number of carbonyl (C=O) groups excluding carboxylic acids is 1. The van der Waals surface area contributed by atoms with Gasteiger partial charge in [0, 0.05) is 11.9 Å².